The highest BCUT2D eigenvalue weighted by atomic mass is 16.5. The van der Waals surface area contributed by atoms with Crippen LogP contribution in [0.3, 0.4) is 0 Å². The molecule has 1 heterocycles. The second-order valence-electron chi connectivity index (χ2n) is 4.63. The molecule has 0 aliphatic carbocycles. The fourth-order valence-electron chi connectivity index (χ4n) is 1.64. The SMILES string of the molecule is COCC(C)Cn1cncc1CNC(C)C. The van der Waals surface area contributed by atoms with Gasteiger partial charge in [0, 0.05) is 32.4 Å². The predicted octanol–water partition coefficient (Wildman–Crippen LogP) is 1.66. The maximum Gasteiger partial charge on any atom is 0.0948 e. The van der Waals surface area contributed by atoms with Gasteiger partial charge in [0.1, 0.15) is 0 Å². The number of hydrogen-bond donors (Lipinski definition) is 1. The minimum Gasteiger partial charge on any atom is -0.384 e. The van der Waals surface area contributed by atoms with Crippen molar-refractivity contribution in [2.24, 2.45) is 5.92 Å². The Morgan fingerprint density at radius 3 is 2.81 bits per heavy atom. The van der Waals surface area contributed by atoms with Gasteiger partial charge in [0.2, 0.25) is 0 Å². The second-order valence-corrected chi connectivity index (χ2v) is 4.63. The number of nitrogens with one attached hydrogen (secondary N) is 1. The van der Waals surface area contributed by atoms with Crippen LogP contribution in [0.2, 0.25) is 0 Å². The molecule has 92 valence electrons. The van der Waals surface area contributed by atoms with Gasteiger partial charge in [0.15, 0.2) is 0 Å². The van der Waals surface area contributed by atoms with Gasteiger partial charge < -0.3 is 14.6 Å². The summed E-state index contributed by atoms with van der Waals surface area (Å²) in [4.78, 5) is 4.20. The van der Waals surface area contributed by atoms with Crippen molar-refractivity contribution in [2.75, 3.05) is 13.7 Å². The lowest BCUT2D eigenvalue weighted by atomic mass is 10.2. The van der Waals surface area contributed by atoms with Crippen molar-refractivity contribution in [1.29, 1.82) is 0 Å². The lowest BCUT2D eigenvalue weighted by Crippen LogP contribution is -2.24. The summed E-state index contributed by atoms with van der Waals surface area (Å²) < 4.78 is 7.33. The summed E-state index contributed by atoms with van der Waals surface area (Å²) in [6.45, 7) is 9.10. The Kier molecular flexibility index (Phi) is 5.49. The van der Waals surface area contributed by atoms with E-state index < -0.39 is 0 Å². The first-order chi connectivity index (χ1) is 7.63. The Morgan fingerprint density at radius 2 is 2.19 bits per heavy atom. The van der Waals surface area contributed by atoms with Crippen LogP contribution in [-0.4, -0.2) is 29.3 Å². The highest BCUT2D eigenvalue weighted by Crippen LogP contribution is 2.05. The topological polar surface area (TPSA) is 39.1 Å². The lowest BCUT2D eigenvalue weighted by Gasteiger charge is -2.15. The fourth-order valence-corrected chi connectivity index (χ4v) is 1.64. The normalized spacial score (nSPS) is 13.3. The number of methoxy groups -OCH3 is 1. The van der Waals surface area contributed by atoms with Crippen LogP contribution in [0.5, 0.6) is 0 Å². The molecule has 0 bridgehead atoms. The van der Waals surface area contributed by atoms with Crippen LogP contribution in [-0.2, 0) is 17.8 Å². The molecule has 1 rings (SSSR count). The van der Waals surface area contributed by atoms with E-state index >= 15 is 0 Å². The minimum absolute atomic E-state index is 0.500. The van der Waals surface area contributed by atoms with E-state index in [4.69, 9.17) is 4.74 Å². The molecule has 1 aromatic rings. The van der Waals surface area contributed by atoms with Gasteiger partial charge in [-0.05, 0) is 5.92 Å². The number of nitrogens with zero attached hydrogens (tertiary/aromatic N) is 2. The van der Waals surface area contributed by atoms with Crippen molar-refractivity contribution in [1.82, 2.24) is 14.9 Å². The Balaban J connectivity index is 2.49. The van der Waals surface area contributed by atoms with Gasteiger partial charge in [-0.1, -0.05) is 20.8 Å². The van der Waals surface area contributed by atoms with Gasteiger partial charge in [-0.25, -0.2) is 4.98 Å². The molecule has 0 saturated heterocycles. The molecule has 4 nitrogen and oxygen atoms in total. The van der Waals surface area contributed by atoms with E-state index in [1.165, 1.54) is 5.69 Å². The number of imidazole rings is 1. The maximum absolute atomic E-state index is 5.14. The molecule has 1 aromatic heterocycles. The molecule has 1 atom stereocenters. The van der Waals surface area contributed by atoms with E-state index in [1.54, 1.807) is 7.11 Å². The molecule has 0 aliphatic heterocycles. The molecule has 0 amide bonds. The summed E-state index contributed by atoms with van der Waals surface area (Å²) in [5, 5.41) is 3.40. The quantitative estimate of drug-likeness (QED) is 0.767. The van der Waals surface area contributed by atoms with Gasteiger partial charge in [-0.15, -0.1) is 0 Å². The number of ether oxygens (including phenoxy) is 1. The molecule has 4 heteroatoms. The summed E-state index contributed by atoms with van der Waals surface area (Å²) in [5.41, 5.74) is 1.23. The third-order valence-corrected chi connectivity index (χ3v) is 2.45. The molecule has 0 aromatic carbocycles. The predicted molar refractivity (Wildman–Crippen MR) is 65.2 cm³/mol. The second kappa shape index (κ2) is 6.66. The average molecular weight is 225 g/mol. The van der Waals surface area contributed by atoms with E-state index in [2.05, 4.69) is 35.6 Å². The number of hydrogen-bond acceptors (Lipinski definition) is 3. The fraction of sp³-hybridized carbons (Fsp3) is 0.750. The first-order valence-corrected chi connectivity index (χ1v) is 5.84. The summed E-state index contributed by atoms with van der Waals surface area (Å²) in [6, 6.07) is 0.500. The molecule has 1 N–H and O–H groups in total. The van der Waals surface area contributed by atoms with Crippen LogP contribution in [0.15, 0.2) is 12.5 Å². The molecular weight excluding hydrogens is 202 g/mol. The van der Waals surface area contributed by atoms with Crippen molar-refractivity contribution < 1.29 is 4.74 Å². The van der Waals surface area contributed by atoms with Crippen LogP contribution < -0.4 is 5.32 Å². The first-order valence-electron chi connectivity index (χ1n) is 5.84. The van der Waals surface area contributed by atoms with E-state index in [0.29, 0.717) is 12.0 Å². The van der Waals surface area contributed by atoms with Crippen LogP contribution in [0.25, 0.3) is 0 Å². The average Bonchev–Trinajstić information content (AvgIpc) is 2.62. The molecule has 16 heavy (non-hydrogen) atoms. The third-order valence-electron chi connectivity index (χ3n) is 2.45. The van der Waals surface area contributed by atoms with Crippen LogP contribution in [0.1, 0.15) is 26.5 Å². The van der Waals surface area contributed by atoms with Gasteiger partial charge in [-0.3, -0.25) is 0 Å². The largest absolute Gasteiger partial charge is 0.384 e. The van der Waals surface area contributed by atoms with E-state index in [1.807, 2.05) is 12.5 Å². The van der Waals surface area contributed by atoms with E-state index in [-0.39, 0.29) is 0 Å². The number of aromatic nitrogens is 2. The monoisotopic (exact) mass is 225 g/mol. The van der Waals surface area contributed by atoms with Crippen molar-refractivity contribution in [2.45, 2.75) is 39.9 Å². The van der Waals surface area contributed by atoms with Gasteiger partial charge in [-0.2, -0.15) is 0 Å². The Morgan fingerprint density at radius 1 is 1.44 bits per heavy atom. The molecule has 0 fully saturated rings. The molecule has 1 unspecified atom stereocenters. The zero-order valence-corrected chi connectivity index (χ0v) is 10.7. The maximum atomic E-state index is 5.14. The van der Waals surface area contributed by atoms with Crippen molar-refractivity contribution in [3.05, 3.63) is 18.2 Å². The Hall–Kier alpha value is -0.870. The Bertz CT molecular complexity index is 296. The van der Waals surface area contributed by atoms with Crippen LogP contribution in [0, 0.1) is 5.92 Å². The third kappa shape index (κ3) is 4.33. The minimum atomic E-state index is 0.500. The molecule has 0 aliphatic rings. The van der Waals surface area contributed by atoms with Gasteiger partial charge >= 0.3 is 0 Å². The van der Waals surface area contributed by atoms with Crippen LogP contribution >= 0.6 is 0 Å². The molecular formula is C12H23N3O. The number of rotatable bonds is 7. The molecule has 0 saturated carbocycles. The summed E-state index contributed by atoms with van der Waals surface area (Å²) in [5.74, 6) is 0.511. The van der Waals surface area contributed by atoms with Gasteiger partial charge in [0.25, 0.3) is 0 Å². The Labute approximate surface area is 98.0 Å². The highest BCUT2D eigenvalue weighted by molar-refractivity contribution is 4.98. The highest BCUT2D eigenvalue weighted by Gasteiger charge is 2.07. The van der Waals surface area contributed by atoms with E-state index in [9.17, 15) is 0 Å². The van der Waals surface area contributed by atoms with Crippen molar-refractivity contribution >= 4 is 0 Å². The van der Waals surface area contributed by atoms with Gasteiger partial charge in [0.05, 0.1) is 18.6 Å². The van der Waals surface area contributed by atoms with Crippen molar-refractivity contribution in [3.63, 3.8) is 0 Å². The molecule has 0 spiro atoms. The summed E-state index contributed by atoms with van der Waals surface area (Å²) in [6.07, 6.45) is 3.82. The summed E-state index contributed by atoms with van der Waals surface area (Å²) in [7, 11) is 1.74. The first kappa shape index (κ1) is 13.2. The zero-order chi connectivity index (χ0) is 12.0. The molecule has 0 radical (unpaired) electrons. The van der Waals surface area contributed by atoms with E-state index in [0.717, 1.165) is 19.7 Å². The lowest BCUT2D eigenvalue weighted by molar-refractivity contribution is 0.151. The zero-order valence-electron chi connectivity index (χ0n) is 10.7. The standard InChI is InChI=1S/C12H23N3O/c1-10(2)14-6-12-5-13-9-15(12)7-11(3)8-16-4/h5,9-11,14H,6-8H2,1-4H3. The smallest absolute Gasteiger partial charge is 0.0948 e. The van der Waals surface area contributed by atoms with Crippen LogP contribution in [0.4, 0.5) is 0 Å². The summed E-state index contributed by atoms with van der Waals surface area (Å²) >= 11 is 0. The van der Waals surface area contributed by atoms with Crippen molar-refractivity contribution in [3.8, 4) is 0 Å².